The highest BCUT2D eigenvalue weighted by Crippen LogP contribution is 2.38. The standard InChI is InChI=1S/C26H25N3O6/c1-16(30)29-15-24(35-21-12-8-7-11-20(21)29)26(32)28-19-14-22(33-2)18(13-23(19)34-3)27-25(31)17-9-5-4-6-10-17/h4-14,24H,15H2,1-3H3,(H,27,31)(H,28,32). The molecule has 0 aliphatic carbocycles. The van der Waals surface area contributed by atoms with Crippen LogP contribution in [-0.4, -0.2) is 44.6 Å². The zero-order valence-corrected chi connectivity index (χ0v) is 19.5. The number of rotatable bonds is 6. The van der Waals surface area contributed by atoms with Gasteiger partial charge in [0.15, 0.2) is 6.10 Å². The highest BCUT2D eigenvalue weighted by Gasteiger charge is 2.33. The van der Waals surface area contributed by atoms with Crippen molar-refractivity contribution in [3.8, 4) is 17.2 Å². The summed E-state index contributed by atoms with van der Waals surface area (Å²) in [5.41, 5.74) is 1.79. The van der Waals surface area contributed by atoms with E-state index in [1.807, 2.05) is 6.07 Å². The fourth-order valence-corrected chi connectivity index (χ4v) is 3.76. The summed E-state index contributed by atoms with van der Waals surface area (Å²) in [5.74, 6) is 0.0928. The Hall–Kier alpha value is -4.53. The van der Waals surface area contributed by atoms with Crippen LogP contribution in [0.1, 0.15) is 17.3 Å². The molecule has 1 atom stereocenters. The lowest BCUT2D eigenvalue weighted by Crippen LogP contribution is -2.48. The zero-order valence-electron chi connectivity index (χ0n) is 19.5. The van der Waals surface area contributed by atoms with Gasteiger partial charge in [0.25, 0.3) is 11.8 Å². The van der Waals surface area contributed by atoms with E-state index in [-0.39, 0.29) is 18.4 Å². The van der Waals surface area contributed by atoms with Crippen LogP contribution in [0.15, 0.2) is 66.7 Å². The number of benzene rings is 3. The van der Waals surface area contributed by atoms with E-state index in [0.29, 0.717) is 39.9 Å². The Bertz CT molecular complexity index is 1260. The minimum Gasteiger partial charge on any atom is -0.494 e. The molecular formula is C26H25N3O6. The van der Waals surface area contributed by atoms with E-state index in [0.717, 1.165) is 0 Å². The van der Waals surface area contributed by atoms with Gasteiger partial charge in [-0.05, 0) is 24.3 Å². The molecule has 35 heavy (non-hydrogen) atoms. The van der Waals surface area contributed by atoms with E-state index in [9.17, 15) is 14.4 Å². The number of nitrogens with zero attached hydrogens (tertiary/aromatic N) is 1. The molecule has 180 valence electrons. The first-order valence-corrected chi connectivity index (χ1v) is 10.9. The molecule has 1 aliphatic rings. The summed E-state index contributed by atoms with van der Waals surface area (Å²) in [7, 11) is 2.91. The van der Waals surface area contributed by atoms with E-state index in [1.54, 1.807) is 60.7 Å². The molecule has 2 N–H and O–H groups in total. The highest BCUT2D eigenvalue weighted by molar-refractivity contribution is 6.06. The number of anilines is 3. The van der Waals surface area contributed by atoms with Crippen LogP contribution in [0.5, 0.6) is 17.2 Å². The third-order valence-corrected chi connectivity index (χ3v) is 5.51. The van der Waals surface area contributed by atoms with Gasteiger partial charge in [-0.3, -0.25) is 14.4 Å². The molecule has 9 nitrogen and oxygen atoms in total. The van der Waals surface area contributed by atoms with Gasteiger partial charge >= 0.3 is 0 Å². The molecule has 0 saturated carbocycles. The van der Waals surface area contributed by atoms with Crippen molar-refractivity contribution in [3.05, 3.63) is 72.3 Å². The highest BCUT2D eigenvalue weighted by atomic mass is 16.5. The molecule has 0 fully saturated rings. The number of hydrogen-bond acceptors (Lipinski definition) is 6. The second kappa shape index (κ2) is 10.2. The second-order valence-electron chi connectivity index (χ2n) is 7.77. The number of nitrogens with one attached hydrogen (secondary N) is 2. The molecule has 0 aromatic heterocycles. The summed E-state index contributed by atoms with van der Waals surface area (Å²) in [6.07, 6.45) is -0.943. The van der Waals surface area contributed by atoms with Crippen LogP contribution < -0.4 is 29.7 Å². The van der Waals surface area contributed by atoms with Crippen molar-refractivity contribution >= 4 is 34.8 Å². The molecular weight excluding hydrogens is 450 g/mol. The Morgan fingerprint density at radius 1 is 0.886 bits per heavy atom. The first-order chi connectivity index (χ1) is 16.9. The van der Waals surface area contributed by atoms with Crippen LogP contribution in [0.25, 0.3) is 0 Å². The largest absolute Gasteiger partial charge is 0.494 e. The quantitative estimate of drug-likeness (QED) is 0.563. The fraction of sp³-hybridized carbons (Fsp3) is 0.192. The summed E-state index contributed by atoms with van der Waals surface area (Å²) in [6.45, 7) is 1.50. The average Bonchev–Trinajstić information content (AvgIpc) is 2.88. The van der Waals surface area contributed by atoms with E-state index in [1.165, 1.54) is 26.0 Å². The van der Waals surface area contributed by atoms with Gasteiger partial charge < -0.3 is 29.7 Å². The van der Waals surface area contributed by atoms with E-state index < -0.39 is 12.0 Å². The summed E-state index contributed by atoms with van der Waals surface area (Å²) in [6, 6.07) is 18.9. The maximum absolute atomic E-state index is 13.1. The molecule has 0 saturated heterocycles. The zero-order chi connectivity index (χ0) is 24.9. The summed E-state index contributed by atoms with van der Waals surface area (Å²) in [4.78, 5) is 39.4. The molecule has 0 radical (unpaired) electrons. The first-order valence-electron chi connectivity index (χ1n) is 10.9. The Balaban J connectivity index is 1.56. The van der Waals surface area contributed by atoms with E-state index in [2.05, 4.69) is 10.6 Å². The molecule has 3 aromatic rings. The topological polar surface area (TPSA) is 106 Å². The van der Waals surface area contributed by atoms with Gasteiger partial charge in [-0.1, -0.05) is 30.3 Å². The Labute approximate surface area is 202 Å². The summed E-state index contributed by atoms with van der Waals surface area (Å²) >= 11 is 0. The van der Waals surface area contributed by atoms with Crippen molar-refractivity contribution in [2.45, 2.75) is 13.0 Å². The number of amides is 3. The van der Waals surface area contributed by atoms with Gasteiger partial charge in [-0.2, -0.15) is 0 Å². The molecule has 4 rings (SSSR count). The molecule has 0 bridgehead atoms. The lowest BCUT2D eigenvalue weighted by atomic mass is 10.1. The van der Waals surface area contributed by atoms with E-state index in [4.69, 9.17) is 14.2 Å². The van der Waals surface area contributed by atoms with Crippen LogP contribution >= 0.6 is 0 Å². The molecule has 1 aliphatic heterocycles. The van der Waals surface area contributed by atoms with Crippen molar-refractivity contribution in [2.75, 3.05) is 36.3 Å². The normalized spacial score (nSPS) is 14.3. The molecule has 0 spiro atoms. The third kappa shape index (κ3) is 5.03. The van der Waals surface area contributed by atoms with Gasteiger partial charge in [0.1, 0.15) is 17.2 Å². The van der Waals surface area contributed by atoms with Gasteiger partial charge in [0, 0.05) is 24.6 Å². The van der Waals surface area contributed by atoms with Crippen LogP contribution in [0.4, 0.5) is 17.1 Å². The number of fused-ring (bicyclic) bond motifs is 1. The first kappa shape index (κ1) is 23.6. The predicted octanol–water partition coefficient (Wildman–Crippen LogP) is 3.71. The summed E-state index contributed by atoms with van der Waals surface area (Å²) < 4.78 is 16.8. The summed E-state index contributed by atoms with van der Waals surface area (Å²) in [5, 5.41) is 5.59. The number of carbonyl (C=O) groups excluding carboxylic acids is 3. The van der Waals surface area contributed by atoms with Gasteiger partial charge in [-0.15, -0.1) is 0 Å². The SMILES string of the molecule is COc1cc(NC(=O)C2CN(C(C)=O)c3ccccc3O2)c(OC)cc1NC(=O)c1ccccc1. The van der Waals surface area contributed by atoms with Crippen molar-refractivity contribution in [2.24, 2.45) is 0 Å². The second-order valence-corrected chi connectivity index (χ2v) is 7.77. The lowest BCUT2D eigenvalue weighted by molar-refractivity contribution is -0.123. The van der Waals surface area contributed by atoms with Crippen molar-refractivity contribution < 1.29 is 28.6 Å². The maximum atomic E-state index is 13.1. The predicted molar refractivity (Wildman–Crippen MR) is 131 cm³/mol. The third-order valence-electron chi connectivity index (χ3n) is 5.51. The average molecular weight is 476 g/mol. The Morgan fingerprint density at radius 2 is 1.49 bits per heavy atom. The van der Waals surface area contributed by atoms with Crippen LogP contribution in [-0.2, 0) is 9.59 Å². The van der Waals surface area contributed by atoms with Crippen molar-refractivity contribution in [1.29, 1.82) is 0 Å². The number of carbonyl (C=O) groups is 3. The van der Waals surface area contributed by atoms with Crippen LogP contribution in [0.3, 0.4) is 0 Å². The lowest BCUT2D eigenvalue weighted by Gasteiger charge is -2.33. The van der Waals surface area contributed by atoms with Crippen molar-refractivity contribution in [1.82, 2.24) is 0 Å². The minimum atomic E-state index is -0.943. The smallest absolute Gasteiger partial charge is 0.267 e. The van der Waals surface area contributed by atoms with Crippen molar-refractivity contribution in [3.63, 3.8) is 0 Å². The minimum absolute atomic E-state index is 0.0584. The molecule has 1 heterocycles. The fourth-order valence-electron chi connectivity index (χ4n) is 3.76. The van der Waals surface area contributed by atoms with E-state index >= 15 is 0 Å². The molecule has 9 heteroatoms. The Kier molecular flexibility index (Phi) is 6.86. The number of methoxy groups -OCH3 is 2. The molecule has 3 aromatic carbocycles. The Morgan fingerprint density at radius 3 is 2.11 bits per heavy atom. The van der Waals surface area contributed by atoms with Gasteiger partial charge in [0.05, 0.1) is 37.8 Å². The number of para-hydroxylation sites is 2. The van der Waals surface area contributed by atoms with Crippen LogP contribution in [0.2, 0.25) is 0 Å². The maximum Gasteiger partial charge on any atom is 0.267 e. The monoisotopic (exact) mass is 475 g/mol. The number of hydrogen-bond donors (Lipinski definition) is 2. The number of ether oxygens (including phenoxy) is 3. The van der Waals surface area contributed by atoms with Crippen LogP contribution in [0, 0.1) is 0 Å². The molecule has 1 unspecified atom stereocenters. The molecule has 3 amide bonds. The van der Waals surface area contributed by atoms with Gasteiger partial charge in [0.2, 0.25) is 5.91 Å². The van der Waals surface area contributed by atoms with Gasteiger partial charge in [-0.25, -0.2) is 0 Å².